The molecule has 2 amide bonds. The van der Waals surface area contributed by atoms with E-state index in [9.17, 15) is 18.0 Å². The van der Waals surface area contributed by atoms with Crippen molar-refractivity contribution in [3.05, 3.63) is 64.7 Å². The van der Waals surface area contributed by atoms with Crippen LogP contribution in [0.1, 0.15) is 51.2 Å². The number of hydrogen-bond donors (Lipinski definition) is 1. The molecule has 0 saturated carbocycles. The summed E-state index contributed by atoms with van der Waals surface area (Å²) in [6.07, 6.45) is 2.04. The molecule has 0 aliphatic heterocycles. The van der Waals surface area contributed by atoms with Crippen molar-refractivity contribution < 1.29 is 18.0 Å². The van der Waals surface area contributed by atoms with Crippen LogP contribution in [-0.2, 0) is 26.2 Å². The molecule has 192 valence electrons. The molecule has 2 rings (SSSR count). The number of amides is 2. The third-order valence-electron chi connectivity index (χ3n) is 5.52. The van der Waals surface area contributed by atoms with Crippen LogP contribution < -0.4 is 9.62 Å². The average molecular weight is 522 g/mol. The lowest BCUT2D eigenvalue weighted by Gasteiger charge is -2.31. The van der Waals surface area contributed by atoms with Crippen LogP contribution in [0, 0.1) is 6.92 Å². The van der Waals surface area contributed by atoms with Gasteiger partial charge in [-0.1, -0.05) is 42.8 Å². The van der Waals surface area contributed by atoms with Crippen LogP contribution in [0.3, 0.4) is 0 Å². The van der Waals surface area contributed by atoms with Gasteiger partial charge in [0.15, 0.2) is 0 Å². The van der Waals surface area contributed by atoms with Crippen molar-refractivity contribution in [1.82, 2.24) is 10.2 Å². The first kappa shape index (κ1) is 28.7. The molecule has 0 aliphatic rings. The quantitative estimate of drug-likeness (QED) is 0.444. The minimum Gasteiger partial charge on any atom is -0.352 e. The molecule has 1 unspecified atom stereocenters. The Morgan fingerprint density at radius 2 is 1.74 bits per heavy atom. The van der Waals surface area contributed by atoms with E-state index in [2.05, 4.69) is 5.32 Å². The molecule has 0 fully saturated rings. The molecular weight excluding hydrogens is 486 g/mol. The molecule has 0 bridgehead atoms. The van der Waals surface area contributed by atoms with Crippen LogP contribution in [0.4, 0.5) is 5.69 Å². The Labute approximate surface area is 214 Å². The molecule has 0 spiro atoms. The molecule has 0 aliphatic carbocycles. The smallest absolute Gasteiger partial charge is 0.243 e. The Balaban J connectivity index is 2.21. The van der Waals surface area contributed by atoms with Gasteiger partial charge in [0.25, 0.3) is 0 Å². The third kappa shape index (κ3) is 8.85. The van der Waals surface area contributed by atoms with Crippen molar-refractivity contribution >= 4 is 39.1 Å². The number of sulfonamides is 1. The summed E-state index contributed by atoms with van der Waals surface area (Å²) in [6.45, 7) is 7.94. The van der Waals surface area contributed by atoms with Crippen LogP contribution in [-0.4, -0.2) is 50.0 Å². The molecule has 0 radical (unpaired) electrons. The number of benzene rings is 2. The number of nitrogens with one attached hydrogen (secondary N) is 1. The lowest BCUT2D eigenvalue weighted by Crippen LogP contribution is -2.50. The van der Waals surface area contributed by atoms with E-state index in [0.29, 0.717) is 23.6 Å². The SMILES string of the molecule is CCC(C(=O)NC(C)C)N(Cc1ccc(Cl)cc1)C(=O)CCCN(c1cccc(C)c1)S(C)(=O)=O. The monoisotopic (exact) mass is 521 g/mol. The number of aryl methyl sites for hydroxylation is 1. The summed E-state index contributed by atoms with van der Waals surface area (Å²) >= 11 is 6.01. The molecule has 0 aromatic heterocycles. The second kappa shape index (κ2) is 12.9. The molecule has 1 N–H and O–H groups in total. The Kier molecular flexibility index (Phi) is 10.6. The Morgan fingerprint density at radius 3 is 2.29 bits per heavy atom. The zero-order valence-electron chi connectivity index (χ0n) is 21.1. The highest BCUT2D eigenvalue weighted by molar-refractivity contribution is 7.92. The van der Waals surface area contributed by atoms with Gasteiger partial charge < -0.3 is 10.2 Å². The molecule has 9 heteroatoms. The van der Waals surface area contributed by atoms with Gasteiger partial charge in [-0.25, -0.2) is 8.42 Å². The maximum atomic E-state index is 13.4. The maximum Gasteiger partial charge on any atom is 0.243 e. The topological polar surface area (TPSA) is 86.8 Å². The molecule has 1 atom stereocenters. The number of halogens is 1. The Hall–Kier alpha value is -2.58. The summed E-state index contributed by atoms with van der Waals surface area (Å²) in [6, 6.07) is 13.7. The van der Waals surface area contributed by atoms with Gasteiger partial charge in [-0.3, -0.25) is 13.9 Å². The van der Waals surface area contributed by atoms with Crippen molar-refractivity contribution in [2.24, 2.45) is 0 Å². The highest BCUT2D eigenvalue weighted by Gasteiger charge is 2.29. The zero-order valence-corrected chi connectivity index (χ0v) is 22.7. The van der Waals surface area contributed by atoms with E-state index in [4.69, 9.17) is 11.6 Å². The van der Waals surface area contributed by atoms with Gasteiger partial charge in [-0.15, -0.1) is 0 Å². The van der Waals surface area contributed by atoms with E-state index >= 15 is 0 Å². The van der Waals surface area contributed by atoms with E-state index in [-0.39, 0.29) is 37.4 Å². The summed E-state index contributed by atoms with van der Waals surface area (Å²) in [4.78, 5) is 27.9. The van der Waals surface area contributed by atoms with Crippen molar-refractivity contribution in [2.45, 2.75) is 65.6 Å². The minimum absolute atomic E-state index is 0.0540. The van der Waals surface area contributed by atoms with E-state index in [1.54, 1.807) is 35.2 Å². The van der Waals surface area contributed by atoms with Crippen LogP contribution in [0.15, 0.2) is 48.5 Å². The predicted octanol–water partition coefficient (Wildman–Crippen LogP) is 4.53. The largest absolute Gasteiger partial charge is 0.352 e. The number of carbonyl (C=O) groups is 2. The number of hydrogen-bond acceptors (Lipinski definition) is 4. The lowest BCUT2D eigenvalue weighted by atomic mass is 10.1. The highest BCUT2D eigenvalue weighted by Crippen LogP contribution is 2.21. The number of carbonyl (C=O) groups excluding carboxylic acids is 2. The average Bonchev–Trinajstić information content (AvgIpc) is 2.76. The van der Waals surface area contributed by atoms with Gasteiger partial charge in [-0.05, 0) is 69.0 Å². The normalized spacial score (nSPS) is 12.3. The molecule has 2 aromatic carbocycles. The second-order valence-corrected chi connectivity index (χ2v) is 11.4. The fourth-order valence-corrected chi connectivity index (χ4v) is 4.96. The van der Waals surface area contributed by atoms with Crippen LogP contribution in [0.2, 0.25) is 5.02 Å². The zero-order chi connectivity index (χ0) is 26.2. The van der Waals surface area contributed by atoms with E-state index < -0.39 is 16.1 Å². The van der Waals surface area contributed by atoms with Crippen molar-refractivity contribution in [1.29, 1.82) is 0 Å². The first-order valence-electron chi connectivity index (χ1n) is 11.8. The van der Waals surface area contributed by atoms with Crippen LogP contribution >= 0.6 is 11.6 Å². The fraction of sp³-hybridized carbons (Fsp3) is 0.462. The van der Waals surface area contributed by atoms with Crippen molar-refractivity contribution in [2.75, 3.05) is 17.1 Å². The molecule has 7 nitrogen and oxygen atoms in total. The molecule has 0 saturated heterocycles. The van der Waals surface area contributed by atoms with E-state index in [0.717, 1.165) is 17.4 Å². The Bertz CT molecular complexity index is 1100. The molecule has 0 heterocycles. The van der Waals surface area contributed by atoms with E-state index in [1.807, 2.05) is 45.9 Å². The molecule has 2 aromatic rings. The fourth-order valence-electron chi connectivity index (χ4n) is 3.87. The van der Waals surface area contributed by atoms with Gasteiger partial charge in [-0.2, -0.15) is 0 Å². The summed E-state index contributed by atoms with van der Waals surface area (Å²) in [5, 5.41) is 3.49. The summed E-state index contributed by atoms with van der Waals surface area (Å²) in [5.41, 5.74) is 2.38. The van der Waals surface area contributed by atoms with Crippen molar-refractivity contribution in [3.63, 3.8) is 0 Å². The molecule has 35 heavy (non-hydrogen) atoms. The van der Waals surface area contributed by atoms with Gasteiger partial charge in [0.2, 0.25) is 21.8 Å². The lowest BCUT2D eigenvalue weighted by molar-refractivity contribution is -0.141. The summed E-state index contributed by atoms with van der Waals surface area (Å²) < 4.78 is 26.2. The first-order chi connectivity index (χ1) is 16.4. The number of nitrogens with zero attached hydrogens (tertiary/aromatic N) is 2. The number of anilines is 1. The van der Waals surface area contributed by atoms with Gasteiger partial charge >= 0.3 is 0 Å². The minimum atomic E-state index is -3.52. The standard InChI is InChI=1S/C26H36ClN3O4S/c1-6-24(26(32)28-19(2)3)29(18-21-12-14-22(27)15-13-21)25(31)11-8-16-30(35(5,33)34)23-10-7-9-20(4)17-23/h7,9-10,12-15,17,19,24H,6,8,11,16,18H2,1-5H3,(H,28,32). The van der Waals surface area contributed by atoms with Crippen LogP contribution in [0.5, 0.6) is 0 Å². The molecular formula is C26H36ClN3O4S. The Morgan fingerprint density at radius 1 is 1.09 bits per heavy atom. The van der Waals surface area contributed by atoms with Crippen molar-refractivity contribution in [3.8, 4) is 0 Å². The van der Waals surface area contributed by atoms with Gasteiger partial charge in [0.05, 0.1) is 11.9 Å². The predicted molar refractivity (Wildman–Crippen MR) is 142 cm³/mol. The van der Waals surface area contributed by atoms with E-state index in [1.165, 1.54) is 4.31 Å². The number of rotatable bonds is 12. The maximum absolute atomic E-state index is 13.4. The highest BCUT2D eigenvalue weighted by atomic mass is 35.5. The first-order valence-corrected chi connectivity index (χ1v) is 14.0. The second-order valence-electron chi connectivity index (χ2n) is 9.01. The summed E-state index contributed by atoms with van der Waals surface area (Å²) in [7, 11) is -3.52. The summed E-state index contributed by atoms with van der Waals surface area (Å²) in [5.74, 6) is -0.411. The van der Waals surface area contributed by atoms with Gasteiger partial charge in [0.1, 0.15) is 6.04 Å². The third-order valence-corrected chi connectivity index (χ3v) is 6.97. The van der Waals surface area contributed by atoms with Gasteiger partial charge in [0, 0.05) is 30.6 Å². The van der Waals surface area contributed by atoms with Crippen LogP contribution in [0.25, 0.3) is 0 Å².